The lowest BCUT2D eigenvalue weighted by Crippen LogP contribution is -2.53. The van der Waals surface area contributed by atoms with Crippen LogP contribution in [0.2, 0.25) is 0 Å². The average molecular weight is 331 g/mol. The number of carbonyl (C=O) groups is 1. The Hall–Kier alpha value is -1.43. The smallest absolute Gasteiger partial charge is 0.251 e. The summed E-state index contributed by atoms with van der Waals surface area (Å²) in [6.07, 6.45) is 4.47. The van der Waals surface area contributed by atoms with Crippen molar-refractivity contribution in [1.82, 2.24) is 10.2 Å². The molecule has 3 rings (SSSR count). The Morgan fingerprint density at radius 2 is 2.04 bits per heavy atom. The van der Waals surface area contributed by atoms with Crippen molar-refractivity contribution in [1.29, 1.82) is 0 Å². The zero-order chi connectivity index (χ0) is 17.2. The fraction of sp³-hybridized carbons (Fsp3) is 0.632. The number of ether oxygens (including phenoxy) is 1. The Balaban J connectivity index is 1.61. The van der Waals surface area contributed by atoms with Crippen LogP contribution in [0.25, 0.3) is 0 Å². The van der Waals surface area contributed by atoms with Crippen molar-refractivity contribution in [2.24, 2.45) is 5.73 Å². The summed E-state index contributed by atoms with van der Waals surface area (Å²) < 4.78 is 5.41. The van der Waals surface area contributed by atoms with E-state index in [1.54, 1.807) is 0 Å². The second kappa shape index (κ2) is 7.21. The van der Waals surface area contributed by atoms with Crippen molar-refractivity contribution in [3.05, 3.63) is 35.4 Å². The number of amides is 1. The largest absolute Gasteiger partial charge is 0.379 e. The first-order valence-corrected chi connectivity index (χ1v) is 8.90. The van der Waals surface area contributed by atoms with E-state index in [1.165, 1.54) is 24.8 Å². The summed E-state index contributed by atoms with van der Waals surface area (Å²) in [5, 5.41) is 3.00. The molecule has 2 unspecified atom stereocenters. The normalized spacial score (nSPS) is 25.5. The predicted octanol–water partition coefficient (Wildman–Crippen LogP) is 1.52. The molecular formula is C19H29N3O2. The van der Waals surface area contributed by atoms with Gasteiger partial charge in [-0.1, -0.05) is 12.1 Å². The number of hydrogen-bond acceptors (Lipinski definition) is 4. The van der Waals surface area contributed by atoms with Crippen LogP contribution < -0.4 is 11.1 Å². The highest BCUT2D eigenvalue weighted by molar-refractivity contribution is 5.94. The van der Waals surface area contributed by atoms with Gasteiger partial charge in [0.25, 0.3) is 5.91 Å². The molecule has 1 amide bonds. The monoisotopic (exact) mass is 331 g/mol. The molecule has 1 aromatic carbocycles. The first-order chi connectivity index (χ1) is 11.5. The van der Waals surface area contributed by atoms with E-state index in [1.807, 2.05) is 12.1 Å². The molecule has 0 spiro atoms. The summed E-state index contributed by atoms with van der Waals surface area (Å²) in [4.78, 5) is 14.7. The van der Waals surface area contributed by atoms with Gasteiger partial charge in [0.2, 0.25) is 0 Å². The van der Waals surface area contributed by atoms with Crippen LogP contribution in [-0.4, -0.2) is 56.7 Å². The van der Waals surface area contributed by atoms with Crippen molar-refractivity contribution >= 4 is 5.91 Å². The highest BCUT2D eigenvalue weighted by atomic mass is 16.5. The summed E-state index contributed by atoms with van der Waals surface area (Å²) in [5.74, 6) is -0.0642. The molecule has 0 aromatic heterocycles. The molecule has 0 radical (unpaired) electrons. The SMILES string of the molecule is CN(C)CCC1(c2ccc(C(=O)NC3COCCC3N)cc2)CC1. The molecule has 1 aliphatic heterocycles. The molecule has 5 heteroatoms. The van der Waals surface area contributed by atoms with Crippen LogP contribution in [0.15, 0.2) is 24.3 Å². The fourth-order valence-electron chi connectivity index (χ4n) is 3.40. The molecule has 1 heterocycles. The van der Waals surface area contributed by atoms with Crippen molar-refractivity contribution in [3.8, 4) is 0 Å². The highest BCUT2D eigenvalue weighted by Gasteiger charge is 2.43. The highest BCUT2D eigenvalue weighted by Crippen LogP contribution is 2.51. The zero-order valence-corrected chi connectivity index (χ0v) is 14.8. The first kappa shape index (κ1) is 17.4. The van der Waals surface area contributed by atoms with Crippen LogP contribution >= 0.6 is 0 Å². The molecule has 5 nitrogen and oxygen atoms in total. The maximum atomic E-state index is 12.4. The van der Waals surface area contributed by atoms with E-state index in [2.05, 4.69) is 36.4 Å². The van der Waals surface area contributed by atoms with E-state index in [9.17, 15) is 4.79 Å². The molecule has 2 aliphatic rings. The lowest BCUT2D eigenvalue weighted by atomic mass is 9.91. The van der Waals surface area contributed by atoms with Gasteiger partial charge in [-0.25, -0.2) is 0 Å². The van der Waals surface area contributed by atoms with E-state index in [0.717, 1.165) is 13.0 Å². The van der Waals surface area contributed by atoms with Crippen molar-refractivity contribution in [2.45, 2.75) is 43.2 Å². The maximum absolute atomic E-state index is 12.4. The Bertz CT molecular complexity index is 566. The lowest BCUT2D eigenvalue weighted by molar-refractivity contribution is 0.0534. The second-order valence-corrected chi connectivity index (χ2v) is 7.52. The average Bonchev–Trinajstić information content (AvgIpc) is 3.36. The van der Waals surface area contributed by atoms with E-state index < -0.39 is 0 Å². The van der Waals surface area contributed by atoms with Crippen LogP contribution in [0, 0.1) is 0 Å². The standard InChI is InChI=1S/C19H29N3O2/c1-22(2)11-10-19(8-9-19)15-5-3-14(4-6-15)18(23)21-17-13-24-12-7-16(17)20/h3-6,16-17H,7-13,20H2,1-2H3,(H,21,23). The van der Waals surface area contributed by atoms with Crippen LogP contribution in [0.3, 0.4) is 0 Å². The zero-order valence-electron chi connectivity index (χ0n) is 14.8. The van der Waals surface area contributed by atoms with Gasteiger partial charge in [0.05, 0.1) is 12.6 Å². The molecule has 1 saturated heterocycles. The van der Waals surface area contributed by atoms with Crippen molar-refractivity contribution in [2.75, 3.05) is 33.9 Å². The molecule has 1 saturated carbocycles. The van der Waals surface area contributed by atoms with E-state index in [0.29, 0.717) is 24.2 Å². The lowest BCUT2D eigenvalue weighted by Gasteiger charge is -2.29. The van der Waals surface area contributed by atoms with Gasteiger partial charge in [0.15, 0.2) is 0 Å². The molecule has 2 atom stereocenters. The van der Waals surface area contributed by atoms with Crippen LogP contribution in [0.1, 0.15) is 41.6 Å². The molecule has 132 valence electrons. The summed E-state index contributed by atoms with van der Waals surface area (Å²) in [7, 11) is 4.23. The third-order valence-electron chi connectivity index (χ3n) is 5.38. The minimum Gasteiger partial charge on any atom is -0.379 e. The molecule has 3 N–H and O–H groups in total. The van der Waals surface area contributed by atoms with Gasteiger partial charge in [0.1, 0.15) is 0 Å². The topological polar surface area (TPSA) is 67.6 Å². The predicted molar refractivity (Wildman–Crippen MR) is 95.2 cm³/mol. The fourth-order valence-corrected chi connectivity index (χ4v) is 3.40. The molecule has 1 aromatic rings. The molecular weight excluding hydrogens is 302 g/mol. The molecule has 0 bridgehead atoms. The number of nitrogens with one attached hydrogen (secondary N) is 1. The molecule has 24 heavy (non-hydrogen) atoms. The summed E-state index contributed by atoms with van der Waals surface area (Å²) in [6.45, 7) is 2.28. The first-order valence-electron chi connectivity index (χ1n) is 8.90. The molecule has 1 aliphatic carbocycles. The minimum atomic E-state index is -0.0965. The number of rotatable bonds is 6. The Kier molecular flexibility index (Phi) is 5.23. The van der Waals surface area contributed by atoms with E-state index in [4.69, 9.17) is 10.5 Å². The summed E-state index contributed by atoms with van der Waals surface area (Å²) in [6, 6.07) is 8.00. The minimum absolute atomic E-state index is 0.0252. The second-order valence-electron chi connectivity index (χ2n) is 7.52. The third-order valence-corrected chi connectivity index (χ3v) is 5.38. The summed E-state index contributed by atoms with van der Waals surface area (Å²) in [5.41, 5.74) is 8.44. The van der Waals surface area contributed by atoms with Gasteiger partial charge in [-0.3, -0.25) is 4.79 Å². The number of hydrogen-bond donors (Lipinski definition) is 2. The van der Waals surface area contributed by atoms with Gasteiger partial charge in [-0.05, 0) is 69.4 Å². The quantitative estimate of drug-likeness (QED) is 0.829. The Morgan fingerprint density at radius 1 is 1.33 bits per heavy atom. The van der Waals surface area contributed by atoms with Crippen molar-refractivity contribution < 1.29 is 9.53 Å². The van der Waals surface area contributed by atoms with Gasteiger partial charge in [-0.2, -0.15) is 0 Å². The number of nitrogens with zero attached hydrogens (tertiary/aromatic N) is 1. The Morgan fingerprint density at radius 3 is 2.62 bits per heavy atom. The number of nitrogens with two attached hydrogens (primary N) is 1. The van der Waals surface area contributed by atoms with Crippen LogP contribution in [-0.2, 0) is 10.2 Å². The number of carbonyl (C=O) groups excluding carboxylic acids is 1. The van der Waals surface area contributed by atoms with Crippen LogP contribution in [0.5, 0.6) is 0 Å². The maximum Gasteiger partial charge on any atom is 0.251 e. The van der Waals surface area contributed by atoms with Crippen LogP contribution in [0.4, 0.5) is 0 Å². The van der Waals surface area contributed by atoms with E-state index >= 15 is 0 Å². The van der Waals surface area contributed by atoms with Gasteiger partial charge in [0, 0.05) is 18.2 Å². The Labute approximate surface area is 144 Å². The summed E-state index contributed by atoms with van der Waals surface area (Å²) >= 11 is 0. The third kappa shape index (κ3) is 3.97. The van der Waals surface area contributed by atoms with Gasteiger partial charge < -0.3 is 20.7 Å². The molecule has 2 fully saturated rings. The van der Waals surface area contributed by atoms with Gasteiger partial charge in [-0.15, -0.1) is 0 Å². The van der Waals surface area contributed by atoms with Crippen molar-refractivity contribution in [3.63, 3.8) is 0 Å². The van der Waals surface area contributed by atoms with Gasteiger partial charge >= 0.3 is 0 Å². The van der Waals surface area contributed by atoms with E-state index in [-0.39, 0.29) is 18.0 Å². The number of benzene rings is 1.